The lowest BCUT2D eigenvalue weighted by Gasteiger charge is -2.12. The molecule has 0 saturated carbocycles. The minimum absolute atomic E-state index is 0.0927. The second-order valence-corrected chi connectivity index (χ2v) is 3.56. The number of ether oxygens (including phenoxy) is 1. The molecule has 15 heavy (non-hydrogen) atoms. The Bertz CT molecular complexity index is 322. The van der Waals surface area contributed by atoms with Crippen molar-refractivity contribution in [2.75, 3.05) is 13.7 Å². The maximum atomic E-state index is 11.7. The van der Waals surface area contributed by atoms with Crippen LogP contribution in [0.4, 0.5) is 0 Å². The summed E-state index contributed by atoms with van der Waals surface area (Å²) in [4.78, 5) is 11.7. The van der Waals surface area contributed by atoms with E-state index in [0.717, 1.165) is 12.1 Å². The number of aromatic amines is 1. The Labute approximate surface area is 89.2 Å². The number of nitrogens with one attached hydrogen (secondary N) is 2. The molecule has 0 aliphatic heterocycles. The number of carbonyl (C=O) groups excluding carboxylic acids is 1. The van der Waals surface area contributed by atoms with E-state index in [1.54, 1.807) is 7.11 Å². The van der Waals surface area contributed by atoms with Crippen LogP contribution in [0.3, 0.4) is 0 Å². The molecule has 0 fully saturated rings. The van der Waals surface area contributed by atoms with E-state index in [1.807, 2.05) is 13.8 Å². The lowest BCUT2D eigenvalue weighted by atomic mass is 10.2. The van der Waals surface area contributed by atoms with Crippen LogP contribution in [0.25, 0.3) is 0 Å². The zero-order chi connectivity index (χ0) is 11.3. The molecule has 1 atom stereocenters. The van der Waals surface area contributed by atoms with E-state index in [2.05, 4.69) is 15.5 Å². The summed E-state index contributed by atoms with van der Waals surface area (Å²) >= 11 is 0. The Morgan fingerprint density at radius 1 is 1.73 bits per heavy atom. The van der Waals surface area contributed by atoms with Gasteiger partial charge in [-0.25, -0.2) is 0 Å². The number of methoxy groups -OCH3 is 1. The second kappa shape index (κ2) is 5.50. The van der Waals surface area contributed by atoms with E-state index in [4.69, 9.17) is 4.74 Å². The molecule has 1 heterocycles. The molecule has 0 spiro atoms. The number of hydrogen-bond acceptors (Lipinski definition) is 3. The highest BCUT2D eigenvalue weighted by Gasteiger charge is 2.12. The van der Waals surface area contributed by atoms with Crippen molar-refractivity contribution in [2.24, 2.45) is 0 Å². The fourth-order valence-corrected chi connectivity index (χ4v) is 1.25. The second-order valence-electron chi connectivity index (χ2n) is 3.56. The number of carbonyl (C=O) groups is 1. The molecule has 0 radical (unpaired) electrons. The van der Waals surface area contributed by atoms with Crippen molar-refractivity contribution in [3.05, 3.63) is 17.5 Å². The fourth-order valence-electron chi connectivity index (χ4n) is 1.25. The predicted octanol–water partition coefficient (Wildman–Crippen LogP) is 0.873. The minimum Gasteiger partial charge on any atom is -0.385 e. The quantitative estimate of drug-likeness (QED) is 0.759. The molecule has 5 nitrogen and oxygen atoms in total. The maximum absolute atomic E-state index is 11.7. The van der Waals surface area contributed by atoms with Gasteiger partial charge in [-0.1, -0.05) is 0 Å². The van der Waals surface area contributed by atoms with Crippen molar-refractivity contribution in [3.8, 4) is 0 Å². The molecule has 0 saturated heterocycles. The van der Waals surface area contributed by atoms with Gasteiger partial charge in [0.25, 0.3) is 5.91 Å². The molecule has 0 bridgehead atoms. The van der Waals surface area contributed by atoms with Crippen molar-refractivity contribution in [3.63, 3.8) is 0 Å². The van der Waals surface area contributed by atoms with Crippen molar-refractivity contribution in [1.82, 2.24) is 15.5 Å². The largest absolute Gasteiger partial charge is 0.385 e. The van der Waals surface area contributed by atoms with E-state index < -0.39 is 0 Å². The summed E-state index contributed by atoms with van der Waals surface area (Å²) in [5.74, 6) is -0.0927. The Morgan fingerprint density at radius 3 is 3.00 bits per heavy atom. The van der Waals surface area contributed by atoms with Crippen LogP contribution in [0.5, 0.6) is 0 Å². The van der Waals surface area contributed by atoms with Crippen molar-refractivity contribution < 1.29 is 9.53 Å². The van der Waals surface area contributed by atoms with Gasteiger partial charge in [0.05, 0.1) is 11.8 Å². The molecule has 1 amide bonds. The zero-order valence-corrected chi connectivity index (χ0v) is 9.33. The lowest BCUT2D eigenvalue weighted by molar-refractivity contribution is 0.0929. The Hall–Kier alpha value is -1.36. The third-order valence-electron chi connectivity index (χ3n) is 2.21. The number of aromatic nitrogens is 2. The standard InChI is InChI=1S/C10H17N3O2/c1-7(4-5-15-3)12-10(14)9-6-11-13-8(9)2/h6-7H,4-5H2,1-3H3,(H,11,13)(H,12,14). The first kappa shape index (κ1) is 11.7. The summed E-state index contributed by atoms with van der Waals surface area (Å²) in [5.41, 5.74) is 1.38. The molecule has 0 aromatic carbocycles. The van der Waals surface area contributed by atoms with E-state index in [1.165, 1.54) is 6.20 Å². The van der Waals surface area contributed by atoms with Gasteiger partial charge < -0.3 is 10.1 Å². The third kappa shape index (κ3) is 3.36. The van der Waals surface area contributed by atoms with Crippen molar-refractivity contribution >= 4 is 5.91 Å². The number of aryl methyl sites for hydroxylation is 1. The number of amides is 1. The van der Waals surface area contributed by atoms with Gasteiger partial charge >= 0.3 is 0 Å². The molecular weight excluding hydrogens is 194 g/mol. The predicted molar refractivity (Wildman–Crippen MR) is 56.7 cm³/mol. The summed E-state index contributed by atoms with van der Waals surface area (Å²) < 4.78 is 4.94. The van der Waals surface area contributed by atoms with Crippen LogP contribution in [0.15, 0.2) is 6.20 Å². The van der Waals surface area contributed by atoms with Gasteiger partial charge in [-0.2, -0.15) is 5.10 Å². The summed E-state index contributed by atoms with van der Waals surface area (Å²) in [5, 5.41) is 9.41. The van der Waals surface area contributed by atoms with Crippen LogP contribution < -0.4 is 5.32 Å². The van der Waals surface area contributed by atoms with Gasteiger partial charge in [-0.05, 0) is 20.3 Å². The fraction of sp³-hybridized carbons (Fsp3) is 0.600. The SMILES string of the molecule is COCCC(C)NC(=O)c1cn[nH]c1C. The first-order chi connectivity index (χ1) is 7.15. The first-order valence-corrected chi connectivity index (χ1v) is 4.95. The van der Waals surface area contributed by atoms with Gasteiger partial charge in [0.1, 0.15) is 0 Å². The van der Waals surface area contributed by atoms with Crippen molar-refractivity contribution in [1.29, 1.82) is 0 Å². The first-order valence-electron chi connectivity index (χ1n) is 4.95. The molecular formula is C10H17N3O2. The smallest absolute Gasteiger partial charge is 0.254 e. The summed E-state index contributed by atoms with van der Waals surface area (Å²) in [6, 6.07) is 0.103. The highest BCUT2D eigenvalue weighted by molar-refractivity contribution is 5.95. The number of H-pyrrole nitrogens is 1. The summed E-state index contributed by atoms with van der Waals surface area (Å²) in [6.07, 6.45) is 2.34. The molecule has 1 rings (SSSR count). The molecule has 84 valence electrons. The van der Waals surface area contributed by atoms with E-state index in [-0.39, 0.29) is 11.9 Å². The highest BCUT2D eigenvalue weighted by Crippen LogP contribution is 2.03. The average Bonchev–Trinajstić information content (AvgIpc) is 2.61. The van der Waals surface area contributed by atoms with Gasteiger partial charge in [-0.3, -0.25) is 9.89 Å². The van der Waals surface area contributed by atoms with Crippen LogP contribution in [-0.2, 0) is 4.74 Å². The van der Waals surface area contributed by atoms with Crippen LogP contribution in [-0.4, -0.2) is 35.9 Å². The van der Waals surface area contributed by atoms with E-state index in [0.29, 0.717) is 12.2 Å². The molecule has 1 aromatic heterocycles. The number of nitrogens with zero attached hydrogens (tertiary/aromatic N) is 1. The molecule has 1 aromatic rings. The molecule has 1 unspecified atom stereocenters. The topological polar surface area (TPSA) is 67.0 Å². The maximum Gasteiger partial charge on any atom is 0.254 e. The zero-order valence-electron chi connectivity index (χ0n) is 9.33. The summed E-state index contributed by atoms with van der Waals surface area (Å²) in [6.45, 7) is 4.42. The Morgan fingerprint density at radius 2 is 2.47 bits per heavy atom. The highest BCUT2D eigenvalue weighted by atomic mass is 16.5. The van der Waals surface area contributed by atoms with Gasteiger partial charge in [0, 0.05) is 25.5 Å². The third-order valence-corrected chi connectivity index (χ3v) is 2.21. The number of hydrogen-bond donors (Lipinski definition) is 2. The van der Waals surface area contributed by atoms with Crippen LogP contribution in [0, 0.1) is 6.92 Å². The summed E-state index contributed by atoms with van der Waals surface area (Å²) in [7, 11) is 1.65. The number of rotatable bonds is 5. The van der Waals surface area contributed by atoms with Gasteiger partial charge in [0.15, 0.2) is 0 Å². The molecule has 5 heteroatoms. The van der Waals surface area contributed by atoms with Gasteiger partial charge in [0.2, 0.25) is 0 Å². The minimum atomic E-state index is -0.0927. The van der Waals surface area contributed by atoms with Crippen LogP contribution in [0.2, 0.25) is 0 Å². The van der Waals surface area contributed by atoms with E-state index >= 15 is 0 Å². The average molecular weight is 211 g/mol. The van der Waals surface area contributed by atoms with E-state index in [9.17, 15) is 4.79 Å². The monoisotopic (exact) mass is 211 g/mol. The van der Waals surface area contributed by atoms with Crippen LogP contribution >= 0.6 is 0 Å². The van der Waals surface area contributed by atoms with Gasteiger partial charge in [-0.15, -0.1) is 0 Å². The lowest BCUT2D eigenvalue weighted by Crippen LogP contribution is -2.33. The Balaban J connectivity index is 2.46. The van der Waals surface area contributed by atoms with Crippen LogP contribution in [0.1, 0.15) is 29.4 Å². The molecule has 0 aliphatic carbocycles. The molecule has 0 aliphatic rings. The Kier molecular flexibility index (Phi) is 4.30. The van der Waals surface area contributed by atoms with Crippen molar-refractivity contribution in [2.45, 2.75) is 26.3 Å². The molecule has 2 N–H and O–H groups in total. The normalized spacial score (nSPS) is 12.5.